The van der Waals surface area contributed by atoms with Gasteiger partial charge in [0.05, 0.1) is 24.3 Å². The Labute approximate surface area is 141 Å². The van der Waals surface area contributed by atoms with Crippen LogP contribution in [0.3, 0.4) is 0 Å². The normalized spacial score (nSPS) is 11.8. The maximum Gasteiger partial charge on any atom is 0.339 e. The second-order valence-corrected chi connectivity index (χ2v) is 5.54. The third-order valence-electron chi connectivity index (χ3n) is 2.84. The Morgan fingerprint density at radius 3 is 2.43 bits per heavy atom. The van der Waals surface area contributed by atoms with E-state index in [-0.39, 0.29) is 22.5 Å². The molecular weight excluding hydrogens is 322 g/mol. The third-order valence-corrected chi connectivity index (χ3v) is 3.12. The maximum absolute atomic E-state index is 12.2. The summed E-state index contributed by atoms with van der Waals surface area (Å²) in [6.45, 7) is 7.37. The van der Waals surface area contributed by atoms with E-state index in [4.69, 9.17) is 25.8 Å². The fraction of sp³-hybridized carbons (Fsp3) is 0.500. The molecule has 0 aliphatic carbocycles. The summed E-state index contributed by atoms with van der Waals surface area (Å²) in [5.74, 6) is -0.346. The smallest absolute Gasteiger partial charge is 0.339 e. The Morgan fingerprint density at radius 1 is 1.26 bits per heavy atom. The Bertz CT molecular complexity index is 574. The molecule has 1 aromatic rings. The van der Waals surface area contributed by atoms with Crippen LogP contribution in [0, 0.1) is 0 Å². The lowest BCUT2D eigenvalue weighted by atomic mass is 10.2. The van der Waals surface area contributed by atoms with Crippen LogP contribution in [-0.4, -0.2) is 37.7 Å². The monoisotopic (exact) mass is 343 g/mol. The number of amides is 1. The number of rotatable bonds is 7. The van der Waals surface area contributed by atoms with Crippen LogP contribution in [0.25, 0.3) is 0 Å². The van der Waals surface area contributed by atoms with E-state index in [9.17, 15) is 9.59 Å². The van der Waals surface area contributed by atoms with Crippen molar-refractivity contribution in [3.8, 4) is 11.5 Å². The van der Waals surface area contributed by atoms with Crippen molar-refractivity contribution in [3.05, 3.63) is 22.7 Å². The molecule has 6 nitrogen and oxygen atoms in total. The van der Waals surface area contributed by atoms with E-state index in [1.807, 2.05) is 20.8 Å². The number of hydrogen-bond donors (Lipinski definition) is 1. The van der Waals surface area contributed by atoms with Gasteiger partial charge < -0.3 is 19.5 Å². The molecule has 0 saturated heterocycles. The number of nitrogens with one attached hydrogen (secondary N) is 1. The van der Waals surface area contributed by atoms with Crippen molar-refractivity contribution in [2.24, 2.45) is 0 Å². The van der Waals surface area contributed by atoms with Crippen LogP contribution < -0.4 is 14.8 Å². The number of carbonyl (C=O) groups is 2. The third kappa shape index (κ3) is 5.32. The van der Waals surface area contributed by atoms with Gasteiger partial charge in [-0.25, -0.2) is 4.79 Å². The minimum Gasteiger partial charge on any atom is -0.493 e. The first-order valence-electron chi connectivity index (χ1n) is 7.31. The highest BCUT2D eigenvalue weighted by atomic mass is 35.5. The molecule has 0 spiro atoms. The van der Waals surface area contributed by atoms with Crippen LogP contribution in [0.1, 0.15) is 38.1 Å². The van der Waals surface area contributed by atoms with Gasteiger partial charge in [-0.2, -0.15) is 0 Å². The van der Waals surface area contributed by atoms with E-state index < -0.39 is 12.1 Å². The molecule has 0 heterocycles. The van der Waals surface area contributed by atoms with Crippen molar-refractivity contribution in [1.82, 2.24) is 5.32 Å². The van der Waals surface area contributed by atoms with E-state index in [2.05, 4.69) is 5.32 Å². The molecule has 1 amide bonds. The highest BCUT2D eigenvalue weighted by Gasteiger charge is 2.22. The number of esters is 1. The quantitative estimate of drug-likeness (QED) is 0.770. The average Bonchev–Trinajstić information content (AvgIpc) is 2.48. The fourth-order valence-electron chi connectivity index (χ4n) is 1.81. The SMILES string of the molecule is CCOc1c(Cl)cc(C(=O)O[C@@H](C)C(=O)NC(C)C)cc1OC. The van der Waals surface area contributed by atoms with Crippen LogP contribution in [-0.2, 0) is 9.53 Å². The van der Waals surface area contributed by atoms with Crippen molar-refractivity contribution < 1.29 is 23.8 Å². The maximum atomic E-state index is 12.2. The zero-order valence-corrected chi connectivity index (χ0v) is 14.7. The summed E-state index contributed by atoms with van der Waals surface area (Å²) in [6, 6.07) is 2.85. The van der Waals surface area contributed by atoms with Gasteiger partial charge in [-0.05, 0) is 39.8 Å². The molecule has 0 bridgehead atoms. The number of halogens is 1. The van der Waals surface area contributed by atoms with Gasteiger partial charge in [0.1, 0.15) is 0 Å². The van der Waals surface area contributed by atoms with Crippen molar-refractivity contribution in [2.45, 2.75) is 39.8 Å². The van der Waals surface area contributed by atoms with Crippen LogP contribution in [0.5, 0.6) is 11.5 Å². The van der Waals surface area contributed by atoms with Crippen molar-refractivity contribution >= 4 is 23.5 Å². The van der Waals surface area contributed by atoms with Crippen molar-refractivity contribution in [2.75, 3.05) is 13.7 Å². The molecule has 0 saturated carbocycles. The molecule has 0 aliphatic heterocycles. The molecule has 23 heavy (non-hydrogen) atoms. The molecule has 1 atom stereocenters. The predicted molar refractivity (Wildman–Crippen MR) is 87.3 cm³/mol. The minimum absolute atomic E-state index is 0.0383. The number of benzene rings is 1. The van der Waals surface area contributed by atoms with E-state index in [1.54, 1.807) is 0 Å². The first-order valence-corrected chi connectivity index (χ1v) is 7.69. The first-order chi connectivity index (χ1) is 10.8. The van der Waals surface area contributed by atoms with E-state index in [1.165, 1.54) is 26.2 Å². The summed E-state index contributed by atoms with van der Waals surface area (Å²) in [5, 5.41) is 2.91. The molecule has 128 valence electrons. The zero-order valence-electron chi connectivity index (χ0n) is 13.9. The second kappa shape index (κ2) is 8.62. The zero-order chi connectivity index (χ0) is 17.6. The van der Waals surface area contributed by atoms with Crippen LogP contribution in [0.4, 0.5) is 0 Å². The highest BCUT2D eigenvalue weighted by molar-refractivity contribution is 6.32. The number of hydrogen-bond acceptors (Lipinski definition) is 5. The molecule has 1 rings (SSSR count). The van der Waals surface area contributed by atoms with Gasteiger partial charge in [0, 0.05) is 6.04 Å². The lowest BCUT2D eigenvalue weighted by molar-refractivity contribution is -0.129. The minimum atomic E-state index is -0.916. The van der Waals surface area contributed by atoms with E-state index >= 15 is 0 Å². The van der Waals surface area contributed by atoms with Gasteiger partial charge in [0.15, 0.2) is 17.6 Å². The average molecular weight is 344 g/mol. The Hall–Kier alpha value is -1.95. The van der Waals surface area contributed by atoms with Gasteiger partial charge in [-0.1, -0.05) is 11.6 Å². The van der Waals surface area contributed by atoms with Crippen LogP contribution in [0.2, 0.25) is 5.02 Å². The topological polar surface area (TPSA) is 73.9 Å². The molecule has 1 N–H and O–H groups in total. The molecular formula is C16H22ClNO5. The van der Waals surface area contributed by atoms with Crippen LogP contribution in [0.15, 0.2) is 12.1 Å². The Morgan fingerprint density at radius 2 is 1.91 bits per heavy atom. The van der Waals surface area contributed by atoms with E-state index in [0.29, 0.717) is 18.1 Å². The van der Waals surface area contributed by atoms with Gasteiger partial charge in [-0.15, -0.1) is 0 Å². The van der Waals surface area contributed by atoms with Gasteiger partial charge in [0.25, 0.3) is 5.91 Å². The van der Waals surface area contributed by atoms with Gasteiger partial charge >= 0.3 is 5.97 Å². The second-order valence-electron chi connectivity index (χ2n) is 5.13. The van der Waals surface area contributed by atoms with Crippen molar-refractivity contribution in [1.29, 1.82) is 0 Å². The number of methoxy groups -OCH3 is 1. The molecule has 1 aromatic carbocycles. The molecule has 7 heteroatoms. The number of carbonyl (C=O) groups excluding carboxylic acids is 2. The predicted octanol–water partition coefficient (Wildman–Crippen LogP) is 2.82. The lowest BCUT2D eigenvalue weighted by Crippen LogP contribution is -2.39. The highest BCUT2D eigenvalue weighted by Crippen LogP contribution is 2.36. The van der Waals surface area contributed by atoms with E-state index in [0.717, 1.165) is 0 Å². The van der Waals surface area contributed by atoms with Crippen molar-refractivity contribution in [3.63, 3.8) is 0 Å². The Balaban J connectivity index is 2.92. The molecule has 0 aromatic heterocycles. The number of ether oxygens (including phenoxy) is 3. The lowest BCUT2D eigenvalue weighted by Gasteiger charge is -2.16. The molecule has 0 aliphatic rings. The summed E-state index contributed by atoms with van der Waals surface area (Å²) in [4.78, 5) is 24.0. The molecule has 0 radical (unpaired) electrons. The fourth-order valence-corrected chi connectivity index (χ4v) is 2.07. The summed E-state index contributed by atoms with van der Waals surface area (Å²) < 4.78 is 15.7. The summed E-state index contributed by atoms with van der Waals surface area (Å²) in [5.41, 5.74) is 0.180. The van der Waals surface area contributed by atoms with Gasteiger partial charge in [-0.3, -0.25) is 4.79 Å². The van der Waals surface area contributed by atoms with Crippen LogP contribution >= 0.6 is 11.6 Å². The summed E-state index contributed by atoms with van der Waals surface area (Å²) in [6.07, 6.45) is -0.916. The summed E-state index contributed by atoms with van der Waals surface area (Å²) >= 11 is 6.11. The standard InChI is InChI=1S/C16H22ClNO5/c1-6-22-14-12(17)7-11(8-13(14)21-5)16(20)23-10(4)15(19)18-9(2)3/h7-10H,6H2,1-5H3,(H,18,19)/t10-/m0/s1. The molecule has 0 unspecified atom stereocenters. The summed E-state index contributed by atoms with van der Waals surface area (Å²) in [7, 11) is 1.45. The Kier molecular flexibility index (Phi) is 7.16. The molecule has 0 fully saturated rings. The largest absolute Gasteiger partial charge is 0.493 e. The van der Waals surface area contributed by atoms with Gasteiger partial charge in [0.2, 0.25) is 0 Å². The first kappa shape index (κ1) is 19.1.